The lowest BCUT2D eigenvalue weighted by Gasteiger charge is -2.35. The molecule has 1 aliphatic rings. The Morgan fingerprint density at radius 3 is 2.46 bits per heavy atom. The molecule has 11 heteroatoms. The van der Waals surface area contributed by atoms with Gasteiger partial charge in [-0.15, -0.1) is 0 Å². The number of pyridine rings is 2. The van der Waals surface area contributed by atoms with E-state index in [1.807, 2.05) is 54.7 Å². The average Bonchev–Trinajstić information content (AvgIpc) is 3.12. The van der Waals surface area contributed by atoms with Crippen LogP contribution in [0.2, 0.25) is 0 Å². The number of anilines is 3. The molecule has 250 valence electrons. The minimum Gasteiger partial charge on any atom is -0.392 e. The second kappa shape index (κ2) is 14.9. The fourth-order valence-corrected chi connectivity index (χ4v) is 6.34. The van der Waals surface area contributed by atoms with Crippen molar-refractivity contribution in [3.05, 3.63) is 105 Å². The number of piperazine rings is 1. The van der Waals surface area contributed by atoms with Gasteiger partial charge in [0.05, 0.1) is 41.9 Å². The highest BCUT2D eigenvalue weighted by Crippen LogP contribution is 2.30. The molecular weight excluding hydrogens is 606 g/mol. The summed E-state index contributed by atoms with van der Waals surface area (Å²) in [5.41, 5.74) is 4.20. The Morgan fingerprint density at radius 2 is 1.75 bits per heavy atom. The second-order valence-corrected chi connectivity index (χ2v) is 12.2. The van der Waals surface area contributed by atoms with Crippen LogP contribution >= 0.6 is 0 Å². The molecule has 6 rings (SSSR count). The van der Waals surface area contributed by atoms with Crippen LogP contribution in [0.25, 0.3) is 27.6 Å². The topological polar surface area (TPSA) is 118 Å². The summed E-state index contributed by atoms with van der Waals surface area (Å²) in [5, 5.41) is 20.2. The van der Waals surface area contributed by atoms with E-state index in [9.17, 15) is 14.7 Å². The van der Waals surface area contributed by atoms with Gasteiger partial charge in [0.15, 0.2) is 0 Å². The molecule has 2 aromatic carbocycles. The number of benzene rings is 2. The number of ether oxygens (including phenoxy) is 1. The van der Waals surface area contributed by atoms with Gasteiger partial charge in [-0.3, -0.25) is 14.5 Å². The Balaban J connectivity index is 1.30. The maximum atomic E-state index is 13.8. The van der Waals surface area contributed by atoms with Crippen LogP contribution < -0.4 is 21.3 Å². The predicted molar refractivity (Wildman–Crippen MR) is 191 cm³/mol. The Kier molecular flexibility index (Phi) is 10.3. The van der Waals surface area contributed by atoms with Gasteiger partial charge in [-0.25, -0.2) is 4.98 Å². The standard InChI is InChI=1S/C37H43N7O4/c1-4-5-12-32-29-9-6-7-10-30(29)36(46)44(40-32)34-13-8-11-28(31(34)25-45)26-22-33(37(47)41(2)24-26)39-35-15-14-27(23-38-35)43-18-16-42(17-19-43)20-21-48-3/h6-11,13-15,22-24,45H,4-5,12,16-21,25H2,1-3H3,(H,38,39). The molecule has 48 heavy (non-hydrogen) atoms. The molecule has 1 fully saturated rings. The summed E-state index contributed by atoms with van der Waals surface area (Å²) >= 11 is 0. The number of fused-ring (bicyclic) bond motifs is 1. The van der Waals surface area contributed by atoms with E-state index in [1.54, 1.807) is 32.5 Å². The Bertz CT molecular complexity index is 2000. The van der Waals surface area contributed by atoms with Crippen LogP contribution in [0.3, 0.4) is 0 Å². The van der Waals surface area contributed by atoms with Crippen molar-refractivity contribution in [2.24, 2.45) is 7.05 Å². The molecular formula is C37H43N7O4. The first-order valence-corrected chi connectivity index (χ1v) is 16.6. The van der Waals surface area contributed by atoms with E-state index >= 15 is 0 Å². The number of hydrogen-bond donors (Lipinski definition) is 2. The zero-order valence-electron chi connectivity index (χ0n) is 27.9. The van der Waals surface area contributed by atoms with Crippen molar-refractivity contribution in [1.29, 1.82) is 0 Å². The molecule has 5 aromatic rings. The number of nitrogens with zero attached hydrogens (tertiary/aromatic N) is 6. The molecule has 4 heterocycles. The maximum Gasteiger partial charge on any atom is 0.279 e. The lowest BCUT2D eigenvalue weighted by Crippen LogP contribution is -2.47. The first-order valence-electron chi connectivity index (χ1n) is 16.6. The monoisotopic (exact) mass is 649 g/mol. The molecule has 1 saturated heterocycles. The fourth-order valence-electron chi connectivity index (χ4n) is 6.34. The summed E-state index contributed by atoms with van der Waals surface area (Å²) in [6.45, 7) is 7.22. The molecule has 0 amide bonds. The zero-order valence-corrected chi connectivity index (χ0v) is 27.9. The largest absolute Gasteiger partial charge is 0.392 e. The molecule has 2 N–H and O–H groups in total. The number of nitrogens with one attached hydrogen (secondary N) is 1. The molecule has 1 aliphatic heterocycles. The van der Waals surface area contributed by atoms with Gasteiger partial charge in [0.2, 0.25) is 0 Å². The third kappa shape index (κ3) is 6.89. The van der Waals surface area contributed by atoms with E-state index in [0.29, 0.717) is 39.3 Å². The van der Waals surface area contributed by atoms with Crippen molar-refractivity contribution in [3.63, 3.8) is 0 Å². The average molecular weight is 650 g/mol. The van der Waals surface area contributed by atoms with Crippen molar-refractivity contribution >= 4 is 28.0 Å². The molecule has 0 aliphatic carbocycles. The first kappa shape index (κ1) is 33.1. The molecule has 3 aromatic heterocycles. The number of aliphatic hydroxyl groups excluding tert-OH is 1. The van der Waals surface area contributed by atoms with E-state index in [0.717, 1.165) is 75.4 Å². The predicted octanol–water partition coefficient (Wildman–Crippen LogP) is 4.49. The van der Waals surface area contributed by atoms with Crippen LogP contribution in [0.4, 0.5) is 17.2 Å². The summed E-state index contributed by atoms with van der Waals surface area (Å²) in [7, 11) is 3.42. The summed E-state index contributed by atoms with van der Waals surface area (Å²) in [5.74, 6) is 0.550. The second-order valence-electron chi connectivity index (χ2n) is 12.2. The van der Waals surface area contributed by atoms with Crippen molar-refractivity contribution in [3.8, 4) is 16.8 Å². The molecule has 11 nitrogen and oxygen atoms in total. The van der Waals surface area contributed by atoms with Gasteiger partial charge in [-0.2, -0.15) is 9.78 Å². The number of aliphatic hydroxyl groups is 1. The number of aromatic nitrogens is 4. The first-order chi connectivity index (χ1) is 23.4. The summed E-state index contributed by atoms with van der Waals surface area (Å²) in [4.78, 5) is 36.3. The van der Waals surface area contributed by atoms with Crippen LogP contribution in [0, 0.1) is 0 Å². The molecule has 0 saturated carbocycles. The normalized spacial score (nSPS) is 13.7. The van der Waals surface area contributed by atoms with E-state index in [1.165, 1.54) is 9.25 Å². The number of aryl methyl sites for hydroxylation is 2. The number of unbranched alkanes of at least 4 members (excludes halogenated alkanes) is 1. The summed E-state index contributed by atoms with van der Waals surface area (Å²) in [6, 6.07) is 18.7. The van der Waals surface area contributed by atoms with Crippen LogP contribution in [0.5, 0.6) is 0 Å². The highest BCUT2D eigenvalue weighted by atomic mass is 16.5. The SMILES string of the molecule is CCCCc1nn(-c2cccc(-c3cc(Nc4ccc(N5CCN(CCOC)CC5)cn4)c(=O)n(C)c3)c2CO)c(=O)c2ccccc12. The molecule has 0 spiro atoms. The van der Waals surface area contributed by atoms with Gasteiger partial charge in [0.1, 0.15) is 11.5 Å². The van der Waals surface area contributed by atoms with E-state index in [4.69, 9.17) is 9.84 Å². The Morgan fingerprint density at radius 1 is 0.958 bits per heavy atom. The van der Waals surface area contributed by atoms with Gasteiger partial charge in [-0.05, 0) is 48.7 Å². The third-order valence-electron chi connectivity index (χ3n) is 9.04. The Labute approximate surface area is 280 Å². The summed E-state index contributed by atoms with van der Waals surface area (Å²) < 4.78 is 8.13. The molecule has 0 radical (unpaired) electrons. The lowest BCUT2D eigenvalue weighted by molar-refractivity contribution is 0.144. The van der Waals surface area contributed by atoms with E-state index in [-0.39, 0.29) is 17.7 Å². The van der Waals surface area contributed by atoms with E-state index < -0.39 is 0 Å². The zero-order chi connectivity index (χ0) is 33.6. The Hall–Kier alpha value is -4.84. The van der Waals surface area contributed by atoms with Gasteiger partial charge < -0.3 is 24.6 Å². The van der Waals surface area contributed by atoms with Gasteiger partial charge in [0.25, 0.3) is 11.1 Å². The van der Waals surface area contributed by atoms with Crippen molar-refractivity contribution in [2.75, 3.05) is 56.7 Å². The maximum absolute atomic E-state index is 13.8. The van der Waals surface area contributed by atoms with Gasteiger partial charge in [0, 0.05) is 69.6 Å². The van der Waals surface area contributed by atoms with Crippen LogP contribution in [0.1, 0.15) is 31.0 Å². The van der Waals surface area contributed by atoms with Crippen molar-refractivity contribution < 1.29 is 9.84 Å². The molecule has 0 unspecified atom stereocenters. The minimum atomic E-state index is -0.327. The summed E-state index contributed by atoms with van der Waals surface area (Å²) in [6.07, 6.45) is 6.25. The highest BCUT2D eigenvalue weighted by molar-refractivity contribution is 5.84. The fraction of sp³-hybridized carbons (Fsp3) is 0.351. The molecule has 0 bridgehead atoms. The number of hydrogen-bond acceptors (Lipinski definition) is 9. The third-order valence-corrected chi connectivity index (χ3v) is 9.04. The van der Waals surface area contributed by atoms with Crippen LogP contribution in [0.15, 0.2) is 82.6 Å². The highest BCUT2D eigenvalue weighted by Gasteiger charge is 2.19. The quantitative estimate of drug-likeness (QED) is 0.202. The number of methoxy groups -OCH3 is 1. The smallest absolute Gasteiger partial charge is 0.279 e. The van der Waals surface area contributed by atoms with E-state index in [2.05, 4.69) is 27.0 Å². The number of rotatable bonds is 12. The minimum absolute atomic E-state index is 0.216. The lowest BCUT2D eigenvalue weighted by atomic mass is 9.99. The van der Waals surface area contributed by atoms with Crippen LogP contribution in [-0.4, -0.2) is 75.8 Å². The van der Waals surface area contributed by atoms with Crippen LogP contribution in [-0.2, 0) is 24.8 Å². The molecule has 0 atom stereocenters. The van der Waals surface area contributed by atoms with Crippen molar-refractivity contribution in [2.45, 2.75) is 32.8 Å². The van der Waals surface area contributed by atoms with Crippen molar-refractivity contribution in [1.82, 2.24) is 24.2 Å². The van der Waals surface area contributed by atoms with Gasteiger partial charge >= 0.3 is 0 Å². The van der Waals surface area contributed by atoms with Gasteiger partial charge in [-0.1, -0.05) is 43.7 Å².